The first-order valence-corrected chi connectivity index (χ1v) is 7.89. The summed E-state index contributed by atoms with van der Waals surface area (Å²) in [6, 6.07) is 17.0. The molecule has 0 aliphatic rings. The number of para-hydroxylation sites is 1. The van der Waals surface area contributed by atoms with Gasteiger partial charge in [-0.15, -0.1) is 0 Å². The van der Waals surface area contributed by atoms with E-state index in [1.165, 1.54) is 6.08 Å². The number of anilines is 1. The van der Waals surface area contributed by atoms with E-state index in [4.69, 9.17) is 4.74 Å². The summed E-state index contributed by atoms with van der Waals surface area (Å²) >= 11 is 0. The lowest BCUT2D eigenvalue weighted by Gasteiger charge is -2.15. The Bertz CT molecular complexity index is 867. The molecule has 0 spiro atoms. The number of carbonyl (C=O) groups excluding carboxylic acids is 1. The van der Waals surface area contributed by atoms with Gasteiger partial charge in [0, 0.05) is 37.6 Å². The van der Waals surface area contributed by atoms with Crippen LogP contribution in [0.1, 0.15) is 5.56 Å². The summed E-state index contributed by atoms with van der Waals surface area (Å²) in [6.45, 7) is 0. The lowest BCUT2D eigenvalue weighted by atomic mass is 10.2. The van der Waals surface area contributed by atoms with Gasteiger partial charge in [-0.2, -0.15) is 5.10 Å². The van der Waals surface area contributed by atoms with Gasteiger partial charge in [0.2, 0.25) is 0 Å². The summed E-state index contributed by atoms with van der Waals surface area (Å²) in [6.07, 6.45) is 6.84. The zero-order chi connectivity index (χ0) is 17.6. The van der Waals surface area contributed by atoms with Crippen LogP contribution in [0, 0.1) is 0 Å². The molecule has 0 N–H and O–H groups in total. The first-order valence-electron chi connectivity index (χ1n) is 7.89. The molecule has 126 valence electrons. The predicted octanol–water partition coefficient (Wildman–Crippen LogP) is 3.89. The van der Waals surface area contributed by atoms with Crippen molar-refractivity contribution in [3.05, 3.63) is 78.6 Å². The van der Waals surface area contributed by atoms with E-state index in [2.05, 4.69) is 5.10 Å². The highest BCUT2D eigenvalue weighted by Crippen LogP contribution is 2.24. The van der Waals surface area contributed by atoms with Crippen molar-refractivity contribution in [1.82, 2.24) is 9.78 Å². The van der Waals surface area contributed by atoms with Crippen molar-refractivity contribution >= 4 is 17.7 Å². The number of aromatic nitrogens is 2. The van der Waals surface area contributed by atoms with Crippen LogP contribution in [0.5, 0.6) is 11.5 Å². The topological polar surface area (TPSA) is 47.4 Å². The van der Waals surface area contributed by atoms with E-state index in [0.717, 1.165) is 22.7 Å². The Morgan fingerprint density at radius 3 is 2.40 bits per heavy atom. The Labute approximate surface area is 146 Å². The minimum atomic E-state index is -0.111. The molecule has 0 fully saturated rings. The lowest BCUT2D eigenvalue weighted by molar-refractivity contribution is -0.113. The van der Waals surface area contributed by atoms with Crippen LogP contribution >= 0.6 is 0 Å². The molecular formula is C20H19N3O2. The molecule has 0 aliphatic heterocycles. The van der Waals surface area contributed by atoms with Crippen LogP contribution in [0.25, 0.3) is 6.08 Å². The highest BCUT2D eigenvalue weighted by Gasteiger charge is 2.08. The number of benzene rings is 2. The zero-order valence-electron chi connectivity index (χ0n) is 14.2. The molecule has 1 aromatic heterocycles. The van der Waals surface area contributed by atoms with Crippen LogP contribution in [0.3, 0.4) is 0 Å². The molecule has 0 aliphatic carbocycles. The summed E-state index contributed by atoms with van der Waals surface area (Å²) in [4.78, 5) is 13.9. The molecule has 2 aromatic carbocycles. The average Bonchev–Trinajstić information content (AvgIpc) is 3.06. The smallest absolute Gasteiger partial charge is 0.250 e. The highest BCUT2D eigenvalue weighted by atomic mass is 16.5. The van der Waals surface area contributed by atoms with Gasteiger partial charge in [-0.25, -0.2) is 0 Å². The van der Waals surface area contributed by atoms with Crippen LogP contribution in [-0.2, 0) is 11.8 Å². The van der Waals surface area contributed by atoms with Crippen molar-refractivity contribution in [2.24, 2.45) is 7.05 Å². The molecule has 1 amide bonds. The van der Waals surface area contributed by atoms with Crippen molar-refractivity contribution in [2.75, 3.05) is 11.9 Å². The first kappa shape index (κ1) is 16.5. The maximum absolute atomic E-state index is 12.3. The summed E-state index contributed by atoms with van der Waals surface area (Å²) in [5, 5.41) is 4.07. The van der Waals surface area contributed by atoms with Gasteiger partial charge >= 0.3 is 0 Å². The fourth-order valence-corrected chi connectivity index (χ4v) is 2.30. The molecule has 0 saturated heterocycles. The van der Waals surface area contributed by atoms with E-state index in [1.807, 2.05) is 67.8 Å². The van der Waals surface area contributed by atoms with Crippen molar-refractivity contribution in [3.8, 4) is 11.5 Å². The molecule has 5 heteroatoms. The Morgan fingerprint density at radius 1 is 1.08 bits per heavy atom. The van der Waals surface area contributed by atoms with Crippen molar-refractivity contribution < 1.29 is 9.53 Å². The average molecular weight is 333 g/mol. The normalized spacial score (nSPS) is 10.8. The monoisotopic (exact) mass is 333 g/mol. The third-order valence-electron chi connectivity index (χ3n) is 3.68. The third-order valence-corrected chi connectivity index (χ3v) is 3.68. The molecule has 5 nitrogen and oxygen atoms in total. The fraction of sp³-hybridized carbons (Fsp3) is 0.100. The second kappa shape index (κ2) is 7.49. The van der Waals surface area contributed by atoms with E-state index in [0.29, 0.717) is 0 Å². The number of hydrogen-bond donors (Lipinski definition) is 0. The van der Waals surface area contributed by atoms with E-state index < -0.39 is 0 Å². The van der Waals surface area contributed by atoms with Crippen LogP contribution < -0.4 is 9.64 Å². The first-order chi connectivity index (χ1) is 12.1. The standard InChI is InChI=1S/C20H19N3O2/c1-22-15-16(14-21-22)8-13-20(24)23(2)17-9-11-19(12-10-17)25-18-6-4-3-5-7-18/h3-15H,1-2H3. The Hall–Kier alpha value is -3.34. The SMILES string of the molecule is CN(C(=O)C=Cc1cnn(C)c1)c1ccc(Oc2ccccc2)cc1. The molecule has 3 rings (SSSR count). The summed E-state index contributed by atoms with van der Waals surface area (Å²) in [7, 11) is 3.58. The molecule has 0 radical (unpaired) electrons. The van der Waals surface area contributed by atoms with Gasteiger partial charge in [0.1, 0.15) is 11.5 Å². The van der Waals surface area contributed by atoms with Gasteiger partial charge in [0.15, 0.2) is 0 Å². The predicted molar refractivity (Wildman–Crippen MR) is 98.6 cm³/mol. The van der Waals surface area contributed by atoms with Crippen LogP contribution in [-0.4, -0.2) is 22.7 Å². The minimum absolute atomic E-state index is 0.111. The number of likely N-dealkylation sites (N-methyl/N-ethyl adjacent to an activating group) is 1. The largest absolute Gasteiger partial charge is 0.457 e. The molecule has 0 bridgehead atoms. The van der Waals surface area contributed by atoms with Gasteiger partial charge in [0.05, 0.1) is 6.20 Å². The van der Waals surface area contributed by atoms with Gasteiger partial charge in [0.25, 0.3) is 5.91 Å². The molecule has 0 unspecified atom stereocenters. The second-order valence-corrected chi connectivity index (χ2v) is 5.59. The van der Waals surface area contributed by atoms with Gasteiger partial charge in [-0.1, -0.05) is 18.2 Å². The number of nitrogens with zero attached hydrogens (tertiary/aromatic N) is 3. The maximum atomic E-state index is 12.3. The van der Waals surface area contributed by atoms with Crippen molar-refractivity contribution in [1.29, 1.82) is 0 Å². The van der Waals surface area contributed by atoms with E-state index in [1.54, 1.807) is 28.9 Å². The van der Waals surface area contributed by atoms with Crippen LogP contribution in [0.15, 0.2) is 73.1 Å². The Balaban J connectivity index is 1.64. The van der Waals surface area contributed by atoms with E-state index in [9.17, 15) is 4.79 Å². The van der Waals surface area contributed by atoms with Crippen LogP contribution in [0.2, 0.25) is 0 Å². The van der Waals surface area contributed by atoms with Crippen molar-refractivity contribution in [2.45, 2.75) is 0 Å². The number of ether oxygens (including phenoxy) is 1. The van der Waals surface area contributed by atoms with Crippen LogP contribution in [0.4, 0.5) is 5.69 Å². The van der Waals surface area contributed by atoms with Gasteiger partial charge in [-0.3, -0.25) is 9.48 Å². The third kappa shape index (κ3) is 4.35. The Morgan fingerprint density at radius 2 is 1.76 bits per heavy atom. The fourth-order valence-electron chi connectivity index (χ4n) is 2.30. The number of amides is 1. The summed E-state index contributed by atoms with van der Waals surface area (Å²) < 4.78 is 7.45. The minimum Gasteiger partial charge on any atom is -0.457 e. The number of carbonyl (C=O) groups is 1. The molecular weight excluding hydrogens is 314 g/mol. The number of hydrogen-bond acceptors (Lipinski definition) is 3. The second-order valence-electron chi connectivity index (χ2n) is 5.59. The molecule has 1 heterocycles. The molecule has 3 aromatic rings. The summed E-state index contributed by atoms with van der Waals surface area (Å²) in [5.74, 6) is 1.39. The molecule has 0 atom stereocenters. The molecule has 25 heavy (non-hydrogen) atoms. The van der Waals surface area contributed by atoms with Gasteiger partial charge in [-0.05, 0) is 42.5 Å². The molecule has 0 saturated carbocycles. The highest BCUT2D eigenvalue weighted by molar-refractivity contribution is 6.03. The Kier molecular flexibility index (Phi) is 4.95. The maximum Gasteiger partial charge on any atom is 0.250 e. The van der Waals surface area contributed by atoms with E-state index >= 15 is 0 Å². The lowest BCUT2D eigenvalue weighted by Crippen LogP contribution is -2.23. The van der Waals surface area contributed by atoms with Gasteiger partial charge < -0.3 is 9.64 Å². The number of aryl methyl sites for hydroxylation is 1. The van der Waals surface area contributed by atoms with Crippen molar-refractivity contribution in [3.63, 3.8) is 0 Å². The summed E-state index contributed by atoms with van der Waals surface area (Å²) in [5.41, 5.74) is 1.68. The number of rotatable bonds is 5. The zero-order valence-corrected chi connectivity index (χ0v) is 14.2. The quantitative estimate of drug-likeness (QED) is 0.666. The van der Waals surface area contributed by atoms with E-state index in [-0.39, 0.29) is 5.91 Å².